The zero-order valence-corrected chi connectivity index (χ0v) is 17.2. The summed E-state index contributed by atoms with van der Waals surface area (Å²) in [5.41, 5.74) is 0.959. The fraction of sp³-hybridized carbons (Fsp3) is 0.100. The topological polar surface area (TPSA) is 76.3 Å². The van der Waals surface area contributed by atoms with Crippen molar-refractivity contribution < 1.29 is 9.21 Å². The van der Waals surface area contributed by atoms with E-state index in [0.717, 1.165) is 0 Å². The molecule has 0 unspecified atom stereocenters. The Balaban J connectivity index is 1.83. The molecule has 0 bridgehead atoms. The van der Waals surface area contributed by atoms with Crippen molar-refractivity contribution in [3.05, 3.63) is 84.6 Å². The lowest BCUT2D eigenvalue weighted by Gasteiger charge is -2.22. The molecule has 5 rings (SSSR count). The maximum absolute atomic E-state index is 13.4. The van der Waals surface area contributed by atoms with Gasteiger partial charge in [-0.2, -0.15) is 0 Å². The lowest BCUT2D eigenvalue weighted by molar-refractivity contribution is 0.0970. The molecule has 9 heteroatoms. The predicted octanol–water partition coefficient (Wildman–Crippen LogP) is 5.01. The van der Waals surface area contributed by atoms with Crippen LogP contribution in [0.2, 0.25) is 10.0 Å². The molecular formula is C20H11Cl2N3O3S. The first kappa shape index (κ1) is 18.3. The molecule has 0 saturated carbocycles. The summed E-state index contributed by atoms with van der Waals surface area (Å²) in [6, 6.07) is 11.0. The van der Waals surface area contributed by atoms with Crippen LogP contribution < -0.4 is 10.3 Å². The average Bonchev–Trinajstić information content (AvgIpc) is 3.25. The van der Waals surface area contributed by atoms with Gasteiger partial charge in [0.2, 0.25) is 10.9 Å². The van der Waals surface area contributed by atoms with E-state index >= 15 is 0 Å². The van der Waals surface area contributed by atoms with Gasteiger partial charge < -0.3 is 4.42 Å². The van der Waals surface area contributed by atoms with Gasteiger partial charge in [0.25, 0.3) is 5.91 Å². The number of anilines is 1. The van der Waals surface area contributed by atoms with Gasteiger partial charge in [-0.15, -0.1) is 10.2 Å². The number of hydrogen-bond acceptors (Lipinski definition) is 6. The Morgan fingerprint density at radius 1 is 1.03 bits per heavy atom. The summed E-state index contributed by atoms with van der Waals surface area (Å²) >= 11 is 13.4. The van der Waals surface area contributed by atoms with Gasteiger partial charge in [0.05, 0.1) is 17.0 Å². The summed E-state index contributed by atoms with van der Waals surface area (Å²) in [5.74, 6) is -0.442. The van der Waals surface area contributed by atoms with E-state index in [9.17, 15) is 9.59 Å². The van der Waals surface area contributed by atoms with Crippen LogP contribution in [-0.2, 0) is 0 Å². The molecule has 6 nitrogen and oxygen atoms in total. The fourth-order valence-corrected chi connectivity index (χ4v) is 4.50. The van der Waals surface area contributed by atoms with Crippen LogP contribution >= 0.6 is 34.5 Å². The standard InChI is InChI=1S/C20H11Cl2N3O3S/c1-9-23-24-20(29-9)25-16(10-2-4-11(21)5-3-10)15-17(26)13-8-12(22)6-7-14(13)28-18(15)19(25)27/h2-8,16H,1H3/t16-/m0/s1. The number of carbonyl (C=O) groups is 1. The number of aryl methyl sites for hydroxylation is 1. The van der Waals surface area contributed by atoms with Crippen LogP contribution in [0.3, 0.4) is 0 Å². The minimum atomic E-state index is -0.707. The van der Waals surface area contributed by atoms with Gasteiger partial charge >= 0.3 is 0 Å². The van der Waals surface area contributed by atoms with E-state index in [1.165, 1.54) is 16.2 Å². The number of aromatic nitrogens is 2. The number of hydrogen-bond donors (Lipinski definition) is 0. The van der Waals surface area contributed by atoms with Crippen molar-refractivity contribution in [3.63, 3.8) is 0 Å². The predicted molar refractivity (Wildman–Crippen MR) is 112 cm³/mol. The van der Waals surface area contributed by atoms with E-state index in [1.54, 1.807) is 49.4 Å². The number of nitrogens with zero attached hydrogens (tertiary/aromatic N) is 3. The molecule has 0 fully saturated rings. The lowest BCUT2D eigenvalue weighted by atomic mass is 9.99. The SMILES string of the molecule is Cc1nnc(N2C(=O)c3oc4ccc(Cl)cc4c(=O)c3[C@@H]2c2ccc(Cl)cc2)s1. The molecule has 0 radical (unpaired) electrons. The zero-order valence-electron chi connectivity index (χ0n) is 14.8. The first-order valence-electron chi connectivity index (χ1n) is 8.59. The Morgan fingerprint density at radius 3 is 2.45 bits per heavy atom. The fourth-order valence-electron chi connectivity index (χ4n) is 3.49. The quantitative estimate of drug-likeness (QED) is 0.435. The Kier molecular flexibility index (Phi) is 4.20. The first-order chi connectivity index (χ1) is 13.9. The van der Waals surface area contributed by atoms with Crippen molar-refractivity contribution in [2.75, 3.05) is 4.90 Å². The Morgan fingerprint density at radius 2 is 1.76 bits per heavy atom. The molecule has 1 amide bonds. The maximum Gasteiger partial charge on any atom is 0.297 e. The van der Waals surface area contributed by atoms with Crippen LogP contribution in [0.5, 0.6) is 0 Å². The molecule has 1 aliphatic rings. The summed E-state index contributed by atoms with van der Waals surface area (Å²) < 4.78 is 5.87. The second-order valence-electron chi connectivity index (χ2n) is 6.55. The number of benzene rings is 2. The molecule has 0 aliphatic carbocycles. The van der Waals surface area contributed by atoms with Crippen LogP contribution in [-0.4, -0.2) is 16.1 Å². The van der Waals surface area contributed by atoms with E-state index in [1.807, 2.05) is 0 Å². The number of rotatable bonds is 2. The van der Waals surface area contributed by atoms with Crippen LogP contribution in [0.4, 0.5) is 5.13 Å². The highest BCUT2D eigenvalue weighted by Gasteiger charge is 2.45. The normalized spacial score (nSPS) is 15.9. The monoisotopic (exact) mass is 443 g/mol. The molecule has 2 aromatic carbocycles. The van der Waals surface area contributed by atoms with E-state index in [2.05, 4.69) is 10.2 Å². The molecule has 0 N–H and O–H groups in total. The number of halogens is 2. The molecule has 1 aliphatic heterocycles. The van der Waals surface area contributed by atoms with E-state index in [-0.39, 0.29) is 16.8 Å². The highest BCUT2D eigenvalue weighted by Crippen LogP contribution is 2.42. The Bertz CT molecular complexity index is 1350. The second kappa shape index (κ2) is 6.66. The molecule has 2 aromatic heterocycles. The van der Waals surface area contributed by atoms with Gasteiger partial charge in [-0.05, 0) is 42.8 Å². The number of carbonyl (C=O) groups excluding carboxylic acids is 1. The smallest absolute Gasteiger partial charge is 0.297 e. The summed E-state index contributed by atoms with van der Waals surface area (Å²) in [6.07, 6.45) is 0. The van der Waals surface area contributed by atoms with Crippen LogP contribution in [0.15, 0.2) is 51.7 Å². The molecular weight excluding hydrogens is 433 g/mol. The van der Waals surface area contributed by atoms with Crippen LogP contribution in [0, 0.1) is 6.92 Å². The highest BCUT2D eigenvalue weighted by molar-refractivity contribution is 7.15. The average molecular weight is 444 g/mol. The van der Waals surface area contributed by atoms with Crippen molar-refractivity contribution in [2.45, 2.75) is 13.0 Å². The summed E-state index contributed by atoms with van der Waals surface area (Å²) in [6.45, 7) is 1.80. The Labute approximate surface area is 178 Å². The van der Waals surface area contributed by atoms with Crippen molar-refractivity contribution >= 4 is 56.5 Å². The van der Waals surface area contributed by atoms with Gasteiger partial charge in [0.1, 0.15) is 10.6 Å². The van der Waals surface area contributed by atoms with Crippen molar-refractivity contribution in [2.24, 2.45) is 0 Å². The minimum absolute atomic E-state index is 0.00220. The summed E-state index contributed by atoms with van der Waals surface area (Å²) in [5, 5.41) is 10.5. The first-order valence-corrected chi connectivity index (χ1v) is 10.2. The van der Waals surface area contributed by atoms with Crippen molar-refractivity contribution in [1.82, 2.24) is 10.2 Å². The third kappa shape index (κ3) is 2.85. The highest BCUT2D eigenvalue weighted by atomic mass is 35.5. The van der Waals surface area contributed by atoms with Crippen molar-refractivity contribution in [1.29, 1.82) is 0 Å². The minimum Gasteiger partial charge on any atom is -0.450 e. The molecule has 1 atom stereocenters. The Hall–Kier alpha value is -2.74. The summed E-state index contributed by atoms with van der Waals surface area (Å²) in [7, 11) is 0. The van der Waals surface area contributed by atoms with E-state index in [4.69, 9.17) is 27.6 Å². The van der Waals surface area contributed by atoms with Crippen LogP contribution in [0.25, 0.3) is 11.0 Å². The largest absolute Gasteiger partial charge is 0.450 e. The molecule has 0 spiro atoms. The molecule has 3 heterocycles. The van der Waals surface area contributed by atoms with Gasteiger partial charge in [-0.1, -0.05) is 46.7 Å². The zero-order chi connectivity index (χ0) is 20.3. The lowest BCUT2D eigenvalue weighted by Crippen LogP contribution is -2.29. The number of amides is 1. The molecule has 0 saturated heterocycles. The van der Waals surface area contributed by atoms with Gasteiger partial charge in [0, 0.05) is 10.0 Å². The third-order valence-electron chi connectivity index (χ3n) is 4.74. The molecule has 29 heavy (non-hydrogen) atoms. The summed E-state index contributed by atoms with van der Waals surface area (Å²) in [4.78, 5) is 28.1. The van der Waals surface area contributed by atoms with Crippen LogP contribution in [0.1, 0.15) is 32.7 Å². The number of fused-ring (bicyclic) bond motifs is 2. The van der Waals surface area contributed by atoms with Gasteiger partial charge in [0.15, 0.2) is 5.43 Å². The van der Waals surface area contributed by atoms with E-state index in [0.29, 0.717) is 36.7 Å². The maximum atomic E-state index is 13.4. The third-order valence-corrected chi connectivity index (χ3v) is 6.06. The molecule has 144 valence electrons. The molecule has 4 aromatic rings. The van der Waals surface area contributed by atoms with Gasteiger partial charge in [-0.3, -0.25) is 14.5 Å². The van der Waals surface area contributed by atoms with Crippen molar-refractivity contribution in [3.8, 4) is 0 Å². The van der Waals surface area contributed by atoms with Gasteiger partial charge in [-0.25, -0.2) is 0 Å². The second-order valence-corrected chi connectivity index (χ2v) is 8.58. The van der Waals surface area contributed by atoms with E-state index < -0.39 is 11.9 Å².